The molecule has 0 saturated carbocycles. The zero-order chi connectivity index (χ0) is 22.2. The number of hydrogen-bond donors (Lipinski definition) is 1. The number of anilines is 3. The van der Waals surface area contributed by atoms with E-state index in [1.165, 1.54) is 6.33 Å². The first-order chi connectivity index (χ1) is 15.5. The molecule has 3 heterocycles. The summed E-state index contributed by atoms with van der Waals surface area (Å²) in [6.45, 7) is 7.52. The van der Waals surface area contributed by atoms with Crippen LogP contribution in [0, 0.1) is 24.4 Å². The van der Waals surface area contributed by atoms with Crippen LogP contribution < -0.4 is 10.2 Å². The fourth-order valence-corrected chi connectivity index (χ4v) is 4.05. The van der Waals surface area contributed by atoms with Crippen LogP contribution in [0.15, 0.2) is 36.7 Å². The number of nitrogens with zero attached hydrogens (tertiary/aromatic N) is 5. The molecule has 7 nitrogen and oxygen atoms in total. The average molecular weight is 446 g/mol. The van der Waals surface area contributed by atoms with Gasteiger partial charge in [0, 0.05) is 51.1 Å². The monoisotopic (exact) mass is 446 g/mol. The van der Waals surface area contributed by atoms with Gasteiger partial charge < -0.3 is 15.0 Å². The van der Waals surface area contributed by atoms with Crippen molar-refractivity contribution >= 4 is 17.3 Å². The Morgan fingerprint density at radius 1 is 0.969 bits per heavy atom. The highest BCUT2D eigenvalue weighted by molar-refractivity contribution is 5.64. The van der Waals surface area contributed by atoms with Crippen LogP contribution in [0.1, 0.15) is 6.99 Å². The first-order valence-corrected chi connectivity index (χ1v) is 10.5. The Balaban J connectivity index is 0.00000259. The van der Waals surface area contributed by atoms with E-state index in [2.05, 4.69) is 31.3 Å². The van der Waals surface area contributed by atoms with Crippen LogP contribution in [0.25, 0.3) is 5.69 Å². The van der Waals surface area contributed by atoms with Gasteiger partial charge in [-0.2, -0.15) is 4.98 Å². The lowest BCUT2D eigenvalue weighted by Crippen LogP contribution is -2.56. The number of hydrogen-bond acceptors (Lipinski definition) is 6. The van der Waals surface area contributed by atoms with Crippen molar-refractivity contribution in [2.24, 2.45) is 0 Å². The number of rotatable bonds is 5. The fraction of sp³-hybridized carbons (Fsp3) is 0.364. The van der Waals surface area contributed by atoms with E-state index >= 15 is 0 Å². The Morgan fingerprint density at radius 3 is 2.44 bits per heavy atom. The molecule has 1 aromatic heterocycles. The quantitative estimate of drug-likeness (QED) is 0.606. The van der Waals surface area contributed by atoms with E-state index in [4.69, 9.17) is 4.74 Å². The maximum absolute atomic E-state index is 14.0. The van der Waals surface area contributed by atoms with Gasteiger partial charge in [-0.15, -0.1) is 5.10 Å². The smallest absolute Gasteiger partial charge is 0.246 e. The summed E-state index contributed by atoms with van der Waals surface area (Å²) in [6.07, 6.45) is 1.25. The van der Waals surface area contributed by atoms with Crippen molar-refractivity contribution in [2.45, 2.75) is 13.0 Å². The van der Waals surface area contributed by atoms with E-state index in [0.29, 0.717) is 12.1 Å². The van der Waals surface area contributed by atoms with Crippen molar-refractivity contribution < 1.29 is 19.3 Å². The summed E-state index contributed by atoms with van der Waals surface area (Å²) in [4.78, 5) is 8.94. The normalized spacial score (nSPS) is 17.4. The summed E-state index contributed by atoms with van der Waals surface area (Å²) in [5, 5.41) is 7.28. The average Bonchev–Trinajstić information content (AvgIpc) is 3.17. The minimum atomic E-state index is -1.25. The molecule has 0 aliphatic carbocycles. The molecule has 10 heteroatoms. The Hall–Kier alpha value is -3.11. The largest absolute Gasteiger partial charge is 0.378 e. The Labute approximate surface area is 184 Å². The van der Waals surface area contributed by atoms with Crippen LogP contribution in [0.4, 0.5) is 30.5 Å². The molecule has 0 atom stereocenters. The highest BCUT2D eigenvalue weighted by atomic mass is 19.2. The maximum atomic E-state index is 14.0. The molecule has 2 fully saturated rings. The third-order valence-electron chi connectivity index (χ3n) is 5.86. The van der Waals surface area contributed by atoms with Gasteiger partial charge in [-0.3, -0.25) is 4.90 Å². The van der Waals surface area contributed by atoms with Crippen LogP contribution in [-0.2, 0) is 4.74 Å². The summed E-state index contributed by atoms with van der Waals surface area (Å²) in [7, 11) is 0. The standard InChI is InChI=1S/C22H23F3N6O.H2/c1-14-6-15(8-16(7-14)29-2-4-30(5-3-29)17-11-32-12-17)27-22-26-13-31(28-22)21-10-19(24)18(23)9-20(21)25;/h6-10,13,17H,2-5,11-12H2,1H3,(H,27,28);1H. The molecule has 0 radical (unpaired) electrons. The minimum Gasteiger partial charge on any atom is -0.378 e. The van der Waals surface area contributed by atoms with Gasteiger partial charge in [-0.05, 0) is 30.7 Å². The van der Waals surface area contributed by atoms with Gasteiger partial charge in [0.2, 0.25) is 5.95 Å². The van der Waals surface area contributed by atoms with Gasteiger partial charge in [0.25, 0.3) is 0 Å². The molecule has 1 N–H and O–H groups in total. The number of aryl methyl sites for hydroxylation is 1. The summed E-state index contributed by atoms with van der Waals surface area (Å²) < 4.78 is 47.1. The van der Waals surface area contributed by atoms with Crippen LogP contribution in [0.2, 0.25) is 0 Å². The van der Waals surface area contributed by atoms with Crippen molar-refractivity contribution in [1.82, 2.24) is 19.7 Å². The number of nitrogens with one attached hydrogen (secondary N) is 1. The number of piperazine rings is 1. The lowest BCUT2D eigenvalue weighted by Gasteiger charge is -2.43. The number of ether oxygens (including phenoxy) is 1. The molecule has 3 aromatic rings. The number of benzene rings is 2. The number of aromatic nitrogens is 3. The molecule has 0 unspecified atom stereocenters. The SMILES string of the molecule is Cc1cc(Nc2ncn(-c3cc(F)c(F)cc3F)n2)cc(N2CCN(C3COC3)CC2)c1.[HH]. The second-order valence-corrected chi connectivity index (χ2v) is 8.13. The molecule has 2 aliphatic heterocycles. The zero-order valence-electron chi connectivity index (χ0n) is 17.6. The second-order valence-electron chi connectivity index (χ2n) is 8.13. The van der Waals surface area contributed by atoms with E-state index in [0.717, 1.165) is 67.1 Å². The highest BCUT2D eigenvalue weighted by Crippen LogP contribution is 2.26. The molecule has 2 aliphatic rings. The fourth-order valence-electron chi connectivity index (χ4n) is 4.05. The van der Waals surface area contributed by atoms with Gasteiger partial charge in [0.05, 0.1) is 19.3 Å². The van der Waals surface area contributed by atoms with E-state index in [1.807, 2.05) is 19.1 Å². The molecular weight excluding hydrogens is 421 g/mol. The summed E-state index contributed by atoms with van der Waals surface area (Å²) in [6, 6.07) is 7.91. The third-order valence-corrected chi connectivity index (χ3v) is 5.86. The number of halogens is 3. The van der Waals surface area contributed by atoms with Crippen molar-refractivity contribution in [3.63, 3.8) is 0 Å². The summed E-state index contributed by atoms with van der Waals surface area (Å²) >= 11 is 0. The molecule has 2 saturated heterocycles. The van der Waals surface area contributed by atoms with E-state index in [1.54, 1.807) is 0 Å². The molecule has 2 aromatic carbocycles. The lowest BCUT2D eigenvalue weighted by molar-refractivity contribution is -0.0660. The summed E-state index contributed by atoms with van der Waals surface area (Å²) in [5.41, 5.74) is 2.75. The van der Waals surface area contributed by atoms with E-state index in [-0.39, 0.29) is 13.1 Å². The molecular formula is C22H25F3N6O. The predicted octanol–water partition coefficient (Wildman–Crippen LogP) is 3.50. The first-order valence-electron chi connectivity index (χ1n) is 10.5. The van der Waals surface area contributed by atoms with Gasteiger partial charge in [-0.1, -0.05) is 0 Å². The topological polar surface area (TPSA) is 58.5 Å². The van der Waals surface area contributed by atoms with Crippen molar-refractivity contribution in [3.05, 3.63) is 59.7 Å². The van der Waals surface area contributed by atoms with Crippen LogP contribution in [-0.4, -0.2) is 65.1 Å². The van der Waals surface area contributed by atoms with E-state index < -0.39 is 17.5 Å². The van der Waals surface area contributed by atoms with Gasteiger partial charge in [0.1, 0.15) is 12.0 Å². The van der Waals surface area contributed by atoms with Gasteiger partial charge in [-0.25, -0.2) is 17.9 Å². The van der Waals surface area contributed by atoms with Crippen LogP contribution in [0.5, 0.6) is 0 Å². The van der Waals surface area contributed by atoms with Crippen molar-refractivity contribution in [1.29, 1.82) is 0 Å². The molecule has 170 valence electrons. The Bertz CT molecular complexity index is 1130. The van der Waals surface area contributed by atoms with E-state index in [9.17, 15) is 13.2 Å². The first kappa shape index (κ1) is 20.8. The molecule has 32 heavy (non-hydrogen) atoms. The third kappa shape index (κ3) is 4.15. The minimum absolute atomic E-state index is 0. The molecule has 5 rings (SSSR count). The second kappa shape index (κ2) is 8.44. The zero-order valence-corrected chi connectivity index (χ0v) is 17.6. The van der Waals surface area contributed by atoms with Crippen LogP contribution >= 0.6 is 0 Å². The van der Waals surface area contributed by atoms with Gasteiger partial charge in [0.15, 0.2) is 17.5 Å². The molecule has 0 amide bonds. The Morgan fingerprint density at radius 2 is 1.72 bits per heavy atom. The van der Waals surface area contributed by atoms with Crippen molar-refractivity contribution in [2.75, 3.05) is 49.6 Å². The van der Waals surface area contributed by atoms with Crippen LogP contribution in [0.3, 0.4) is 0 Å². The highest BCUT2D eigenvalue weighted by Gasteiger charge is 2.29. The summed E-state index contributed by atoms with van der Waals surface area (Å²) in [5.74, 6) is -3.11. The predicted molar refractivity (Wildman–Crippen MR) is 116 cm³/mol. The molecule has 0 bridgehead atoms. The Kier molecular flexibility index (Phi) is 5.48. The maximum Gasteiger partial charge on any atom is 0.246 e. The van der Waals surface area contributed by atoms with Gasteiger partial charge >= 0.3 is 0 Å². The lowest BCUT2D eigenvalue weighted by atomic mass is 10.1. The molecule has 0 spiro atoms. The van der Waals surface area contributed by atoms with Crippen molar-refractivity contribution in [3.8, 4) is 5.69 Å².